The summed E-state index contributed by atoms with van der Waals surface area (Å²) in [7, 11) is 0. The maximum atomic E-state index is 3.99. The average Bonchev–Trinajstić information content (AvgIpc) is 2.43. The Morgan fingerprint density at radius 2 is 1.83 bits per heavy atom. The lowest BCUT2D eigenvalue weighted by molar-refractivity contribution is 1.39. The van der Waals surface area contributed by atoms with E-state index < -0.39 is 0 Å². The number of allylic oxidation sites excluding steroid dienone is 6. The van der Waals surface area contributed by atoms with E-state index in [2.05, 4.69) is 25.1 Å². The summed E-state index contributed by atoms with van der Waals surface area (Å²) >= 11 is 0. The highest BCUT2D eigenvalue weighted by Crippen LogP contribution is 2.19. The van der Waals surface area contributed by atoms with Crippen molar-refractivity contribution in [3.05, 3.63) is 91.2 Å². The highest BCUT2D eigenvalue weighted by Gasteiger charge is 2.03. The van der Waals surface area contributed by atoms with Crippen LogP contribution in [0.3, 0.4) is 0 Å². The molecule has 0 heterocycles. The lowest BCUT2D eigenvalue weighted by atomic mass is 10.0. The Hall–Kier alpha value is -2.28. The van der Waals surface area contributed by atoms with E-state index in [0.29, 0.717) is 0 Å². The van der Waals surface area contributed by atoms with Crippen molar-refractivity contribution in [2.75, 3.05) is 5.32 Å². The van der Waals surface area contributed by atoms with Gasteiger partial charge in [0, 0.05) is 18.4 Å². The molecule has 0 aliphatic heterocycles. The predicted molar refractivity (Wildman–Crippen MR) is 83.6 cm³/mol. The van der Waals surface area contributed by atoms with Gasteiger partial charge >= 0.3 is 0 Å². The molecule has 0 aliphatic carbocycles. The summed E-state index contributed by atoms with van der Waals surface area (Å²) in [6, 6.07) is 9.97. The largest absolute Gasteiger partial charge is 0.355 e. The summed E-state index contributed by atoms with van der Waals surface area (Å²) in [6.07, 6.45) is 7.50. The summed E-state index contributed by atoms with van der Waals surface area (Å²) in [4.78, 5) is 0. The van der Waals surface area contributed by atoms with Gasteiger partial charge in [0.25, 0.3) is 0 Å². The smallest absolute Gasteiger partial charge is 0.0457 e. The molecule has 0 spiro atoms. The molecule has 0 atom stereocenters. The van der Waals surface area contributed by atoms with E-state index in [1.165, 1.54) is 0 Å². The van der Waals surface area contributed by atoms with Gasteiger partial charge in [-0.3, -0.25) is 0 Å². The van der Waals surface area contributed by atoms with Gasteiger partial charge in [0.2, 0.25) is 0 Å². The first-order valence-corrected chi connectivity index (χ1v) is 5.86. The van der Waals surface area contributed by atoms with Gasteiger partial charge < -0.3 is 5.32 Å². The first kappa shape index (κ1) is 13.8. The van der Waals surface area contributed by atoms with Gasteiger partial charge in [0.1, 0.15) is 0 Å². The van der Waals surface area contributed by atoms with Crippen LogP contribution in [0.25, 0.3) is 0 Å². The van der Waals surface area contributed by atoms with Crippen molar-refractivity contribution in [3.63, 3.8) is 0 Å². The van der Waals surface area contributed by atoms with Crippen molar-refractivity contribution in [2.24, 2.45) is 0 Å². The number of anilines is 1. The third-order valence-electron chi connectivity index (χ3n) is 2.47. The monoisotopic (exact) mass is 239 g/mol. The van der Waals surface area contributed by atoms with Crippen molar-refractivity contribution in [2.45, 2.75) is 6.92 Å². The lowest BCUT2D eigenvalue weighted by Crippen LogP contribution is -2.01. The number of hydrogen-bond acceptors (Lipinski definition) is 1. The van der Waals surface area contributed by atoms with Crippen LogP contribution < -0.4 is 5.32 Å². The molecule has 1 N–H and O–H groups in total. The average molecular weight is 239 g/mol. The Morgan fingerprint density at radius 1 is 1.17 bits per heavy atom. The van der Waals surface area contributed by atoms with Crippen molar-refractivity contribution in [3.8, 4) is 0 Å². The summed E-state index contributed by atoms with van der Waals surface area (Å²) in [5.74, 6) is 0. The maximum absolute atomic E-state index is 3.99. The molecule has 1 nitrogen and oxygen atoms in total. The molecule has 1 aromatic carbocycles. The molecule has 0 aromatic heterocycles. The second-order valence-corrected chi connectivity index (χ2v) is 3.75. The molecule has 0 saturated heterocycles. The molecule has 0 radical (unpaired) electrons. The van der Waals surface area contributed by atoms with Gasteiger partial charge in [-0.05, 0) is 30.7 Å². The van der Waals surface area contributed by atoms with Crippen LogP contribution in [0.1, 0.15) is 8.35 Å². The minimum absolute atomic E-state index is 0. The molecule has 0 fully saturated rings. The van der Waals surface area contributed by atoms with Gasteiger partial charge in [-0.15, -0.1) is 0 Å². The van der Waals surface area contributed by atoms with Crippen LogP contribution >= 0.6 is 0 Å². The standard InChI is InChI=1S/C17H19N.H2/c1-5-11-16(14(4)6-2)17(7-3)18-15-12-9-8-10-13-15;/h5-13,18H,2-4H2,1H3;1H/b11-5-,17-16+;. The molecule has 1 aromatic rings. The zero-order valence-electron chi connectivity index (χ0n) is 10.8. The highest BCUT2D eigenvalue weighted by atomic mass is 14.9. The fourth-order valence-electron chi connectivity index (χ4n) is 1.55. The number of nitrogens with one attached hydrogen (secondary N) is 1. The summed E-state index contributed by atoms with van der Waals surface area (Å²) in [5, 5.41) is 3.33. The quantitative estimate of drug-likeness (QED) is 0.681. The minimum Gasteiger partial charge on any atom is -0.355 e. The zero-order chi connectivity index (χ0) is 13.4. The molecule has 0 aliphatic rings. The highest BCUT2D eigenvalue weighted by molar-refractivity contribution is 5.58. The molecule has 0 amide bonds. The third-order valence-corrected chi connectivity index (χ3v) is 2.47. The Kier molecular flexibility index (Phi) is 5.46. The van der Waals surface area contributed by atoms with Crippen LogP contribution in [-0.2, 0) is 0 Å². The van der Waals surface area contributed by atoms with Gasteiger partial charge in [-0.1, -0.05) is 56.2 Å². The molecule has 94 valence electrons. The van der Waals surface area contributed by atoms with Crippen LogP contribution in [0.5, 0.6) is 0 Å². The number of hydrogen-bond donors (Lipinski definition) is 1. The summed E-state index contributed by atoms with van der Waals surface area (Å²) in [6.45, 7) is 13.6. The van der Waals surface area contributed by atoms with E-state index in [1.807, 2.05) is 49.4 Å². The predicted octanol–water partition coefficient (Wildman–Crippen LogP) is 5.10. The molecule has 1 rings (SSSR count). The van der Waals surface area contributed by atoms with E-state index >= 15 is 0 Å². The molecule has 0 unspecified atom stereocenters. The maximum Gasteiger partial charge on any atom is 0.0457 e. The van der Waals surface area contributed by atoms with Crippen LogP contribution in [0, 0.1) is 0 Å². The zero-order valence-corrected chi connectivity index (χ0v) is 10.8. The van der Waals surface area contributed by atoms with Crippen molar-refractivity contribution in [1.82, 2.24) is 0 Å². The van der Waals surface area contributed by atoms with Gasteiger partial charge in [-0.25, -0.2) is 0 Å². The Labute approximate surface area is 111 Å². The number of rotatable bonds is 6. The van der Waals surface area contributed by atoms with E-state index in [0.717, 1.165) is 22.5 Å². The molecular formula is C17H21N. The lowest BCUT2D eigenvalue weighted by Gasteiger charge is -2.12. The Morgan fingerprint density at radius 3 is 2.33 bits per heavy atom. The van der Waals surface area contributed by atoms with Crippen LogP contribution in [0.2, 0.25) is 0 Å². The molecule has 0 saturated carbocycles. The molecular weight excluding hydrogens is 218 g/mol. The van der Waals surface area contributed by atoms with Crippen molar-refractivity contribution in [1.29, 1.82) is 0 Å². The number of benzene rings is 1. The molecule has 18 heavy (non-hydrogen) atoms. The first-order valence-electron chi connectivity index (χ1n) is 5.86. The molecule has 1 heteroatoms. The Balaban J connectivity index is 0.00000324. The fraction of sp³-hybridized carbons (Fsp3) is 0.0588. The van der Waals surface area contributed by atoms with Crippen LogP contribution in [0.4, 0.5) is 5.69 Å². The first-order chi connectivity index (χ1) is 8.72. The van der Waals surface area contributed by atoms with E-state index in [1.54, 1.807) is 12.2 Å². The third kappa shape index (κ3) is 3.63. The van der Waals surface area contributed by atoms with Crippen LogP contribution in [-0.4, -0.2) is 0 Å². The summed E-state index contributed by atoms with van der Waals surface area (Å²) < 4.78 is 0. The fourth-order valence-corrected chi connectivity index (χ4v) is 1.55. The van der Waals surface area contributed by atoms with Gasteiger partial charge in [0.05, 0.1) is 0 Å². The normalized spacial score (nSPS) is 11.8. The van der Waals surface area contributed by atoms with Crippen molar-refractivity contribution >= 4 is 5.69 Å². The Bertz CT molecular complexity index is 495. The van der Waals surface area contributed by atoms with Gasteiger partial charge in [-0.2, -0.15) is 0 Å². The van der Waals surface area contributed by atoms with E-state index in [9.17, 15) is 0 Å². The van der Waals surface area contributed by atoms with Crippen LogP contribution in [0.15, 0.2) is 91.2 Å². The minimum atomic E-state index is 0. The number of para-hydroxylation sites is 1. The molecule has 0 bridgehead atoms. The van der Waals surface area contributed by atoms with E-state index in [4.69, 9.17) is 0 Å². The summed E-state index contributed by atoms with van der Waals surface area (Å²) in [5.41, 5.74) is 3.80. The SMILES string of the molecule is C=CC(=C)C(/C=C\C)=C(\C=C)Nc1ccccc1.[HH]. The topological polar surface area (TPSA) is 12.0 Å². The second kappa shape index (κ2) is 7.13. The van der Waals surface area contributed by atoms with Crippen molar-refractivity contribution < 1.29 is 1.43 Å². The van der Waals surface area contributed by atoms with Gasteiger partial charge in [0.15, 0.2) is 0 Å². The second-order valence-electron chi connectivity index (χ2n) is 3.75. The van der Waals surface area contributed by atoms with E-state index in [-0.39, 0.29) is 1.43 Å².